The molecule has 0 aliphatic heterocycles. The summed E-state index contributed by atoms with van der Waals surface area (Å²) in [4.78, 5) is 21.6. The number of anilines is 2. The normalized spacial score (nSPS) is 10.5. The fourth-order valence-corrected chi connectivity index (χ4v) is 2.92. The van der Waals surface area contributed by atoms with Gasteiger partial charge < -0.3 is 15.5 Å². The van der Waals surface area contributed by atoms with Crippen molar-refractivity contribution in [1.82, 2.24) is 9.88 Å². The van der Waals surface area contributed by atoms with Crippen molar-refractivity contribution >= 4 is 28.6 Å². The number of nitrogens with zero attached hydrogens (tertiary/aromatic N) is 3. The second-order valence-electron chi connectivity index (χ2n) is 5.19. The number of nitrogen functional groups attached to an aromatic ring is 1. The zero-order chi connectivity index (χ0) is 15.6. The van der Waals surface area contributed by atoms with Crippen LogP contribution in [0.5, 0.6) is 0 Å². The van der Waals surface area contributed by atoms with Gasteiger partial charge in [-0.2, -0.15) is 0 Å². The van der Waals surface area contributed by atoms with Gasteiger partial charge in [0.15, 0.2) is 0 Å². The molecule has 21 heavy (non-hydrogen) atoms. The first-order valence-corrected chi connectivity index (χ1v) is 7.49. The van der Waals surface area contributed by atoms with Crippen LogP contribution in [0, 0.1) is 6.92 Å². The summed E-state index contributed by atoms with van der Waals surface area (Å²) in [6.07, 6.45) is 0. The molecule has 1 aromatic carbocycles. The highest BCUT2D eigenvalue weighted by molar-refractivity contribution is 7.09. The number of hydrogen-bond donors (Lipinski definition) is 1. The van der Waals surface area contributed by atoms with Crippen LogP contribution >= 0.6 is 11.3 Å². The Bertz CT molecular complexity index is 651. The average molecular weight is 304 g/mol. The zero-order valence-electron chi connectivity index (χ0n) is 12.8. The number of aryl methyl sites for hydroxylation is 1. The van der Waals surface area contributed by atoms with Crippen LogP contribution in [-0.4, -0.2) is 36.9 Å². The summed E-state index contributed by atoms with van der Waals surface area (Å²) < 4.78 is 0. The van der Waals surface area contributed by atoms with Gasteiger partial charge in [0, 0.05) is 37.4 Å². The molecule has 0 saturated heterocycles. The predicted octanol–water partition coefficient (Wildman–Crippen LogP) is 2.37. The first kappa shape index (κ1) is 15.3. The number of aromatic nitrogens is 1. The third kappa shape index (κ3) is 3.33. The van der Waals surface area contributed by atoms with E-state index in [0.29, 0.717) is 17.8 Å². The Morgan fingerprint density at radius 2 is 2.05 bits per heavy atom. The largest absolute Gasteiger partial charge is 0.399 e. The summed E-state index contributed by atoms with van der Waals surface area (Å²) in [6, 6.07) is 5.40. The molecule has 2 aromatic rings. The van der Waals surface area contributed by atoms with E-state index in [1.54, 1.807) is 40.9 Å². The SMILES string of the molecule is Cc1ncsc1CN(C)C(=O)c1cc(N)ccc1N(C)C. The monoisotopic (exact) mass is 304 g/mol. The highest BCUT2D eigenvalue weighted by atomic mass is 32.1. The van der Waals surface area contributed by atoms with Gasteiger partial charge >= 0.3 is 0 Å². The van der Waals surface area contributed by atoms with E-state index in [0.717, 1.165) is 16.3 Å². The van der Waals surface area contributed by atoms with Crippen LogP contribution in [0.25, 0.3) is 0 Å². The zero-order valence-corrected chi connectivity index (χ0v) is 13.6. The van der Waals surface area contributed by atoms with Crippen molar-refractivity contribution < 1.29 is 4.79 Å². The highest BCUT2D eigenvalue weighted by Gasteiger charge is 2.18. The van der Waals surface area contributed by atoms with Crippen molar-refractivity contribution in [2.24, 2.45) is 0 Å². The lowest BCUT2D eigenvalue weighted by molar-refractivity contribution is 0.0787. The molecule has 2 rings (SSSR count). The first-order valence-electron chi connectivity index (χ1n) is 6.61. The third-order valence-electron chi connectivity index (χ3n) is 3.31. The van der Waals surface area contributed by atoms with Gasteiger partial charge in [-0.05, 0) is 25.1 Å². The van der Waals surface area contributed by atoms with Gasteiger partial charge in [0.25, 0.3) is 5.91 Å². The molecule has 0 unspecified atom stereocenters. The van der Waals surface area contributed by atoms with E-state index in [2.05, 4.69) is 4.98 Å². The molecule has 0 saturated carbocycles. The average Bonchev–Trinajstić information content (AvgIpc) is 2.83. The Morgan fingerprint density at radius 3 is 2.62 bits per heavy atom. The van der Waals surface area contributed by atoms with Crippen molar-refractivity contribution in [3.63, 3.8) is 0 Å². The van der Waals surface area contributed by atoms with E-state index in [-0.39, 0.29) is 5.91 Å². The van der Waals surface area contributed by atoms with Crippen LogP contribution in [0.1, 0.15) is 20.9 Å². The van der Waals surface area contributed by atoms with Gasteiger partial charge in [-0.1, -0.05) is 0 Å². The van der Waals surface area contributed by atoms with E-state index in [1.807, 2.05) is 32.0 Å². The van der Waals surface area contributed by atoms with Gasteiger partial charge in [-0.15, -0.1) is 11.3 Å². The molecule has 0 atom stereocenters. The Kier molecular flexibility index (Phi) is 4.47. The number of amides is 1. The second kappa shape index (κ2) is 6.13. The van der Waals surface area contributed by atoms with Gasteiger partial charge in [0.1, 0.15) is 0 Å². The molecule has 2 N–H and O–H groups in total. The Hall–Kier alpha value is -2.08. The van der Waals surface area contributed by atoms with Crippen LogP contribution in [0.3, 0.4) is 0 Å². The topological polar surface area (TPSA) is 62.5 Å². The van der Waals surface area contributed by atoms with Crippen LogP contribution < -0.4 is 10.6 Å². The number of hydrogen-bond acceptors (Lipinski definition) is 5. The van der Waals surface area contributed by atoms with Crippen molar-refractivity contribution in [3.05, 3.63) is 39.8 Å². The summed E-state index contributed by atoms with van der Waals surface area (Å²) in [5, 5.41) is 0. The number of carbonyl (C=O) groups excluding carboxylic acids is 1. The molecular formula is C15H20N4OS. The minimum atomic E-state index is -0.0428. The molecule has 0 aliphatic carbocycles. The Labute approximate surface area is 129 Å². The molecule has 1 amide bonds. The van der Waals surface area contributed by atoms with Crippen molar-refractivity contribution in [1.29, 1.82) is 0 Å². The number of carbonyl (C=O) groups is 1. The molecule has 0 aliphatic rings. The summed E-state index contributed by atoms with van der Waals surface area (Å²) >= 11 is 1.56. The molecule has 6 heteroatoms. The van der Waals surface area contributed by atoms with Gasteiger partial charge in [-0.3, -0.25) is 4.79 Å². The third-order valence-corrected chi connectivity index (χ3v) is 4.23. The fraction of sp³-hybridized carbons (Fsp3) is 0.333. The van der Waals surface area contributed by atoms with Crippen LogP contribution in [-0.2, 0) is 6.54 Å². The van der Waals surface area contributed by atoms with Crippen LogP contribution in [0.15, 0.2) is 23.7 Å². The molecule has 0 fully saturated rings. The van der Waals surface area contributed by atoms with Gasteiger partial charge in [0.05, 0.1) is 23.3 Å². The summed E-state index contributed by atoms with van der Waals surface area (Å²) in [5.74, 6) is -0.0428. The summed E-state index contributed by atoms with van der Waals surface area (Å²) in [5.41, 5.74) is 10.7. The lowest BCUT2D eigenvalue weighted by Gasteiger charge is -2.22. The smallest absolute Gasteiger partial charge is 0.256 e. The Morgan fingerprint density at radius 1 is 1.33 bits per heavy atom. The summed E-state index contributed by atoms with van der Waals surface area (Å²) in [7, 11) is 5.62. The van der Waals surface area contributed by atoms with E-state index in [1.165, 1.54) is 0 Å². The summed E-state index contributed by atoms with van der Waals surface area (Å²) in [6.45, 7) is 2.51. The molecule has 0 bridgehead atoms. The number of rotatable bonds is 4. The van der Waals surface area contributed by atoms with Crippen LogP contribution in [0.4, 0.5) is 11.4 Å². The quantitative estimate of drug-likeness (QED) is 0.881. The maximum Gasteiger partial charge on any atom is 0.256 e. The standard InChI is InChI=1S/C15H20N4OS/c1-10-14(21-9-17-10)8-19(4)15(20)12-7-11(16)5-6-13(12)18(2)3/h5-7,9H,8,16H2,1-4H3. The van der Waals surface area contributed by atoms with Gasteiger partial charge in [0.2, 0.25) is 0 Å². The van der Waals surface area contributed by atoms with E-state index in [9.17, 15) is 4.79 Å². The lowest BCUT2D eigenvalue weighted by Crippen LogP contribution is -2.28. The fourth-order valence-electron chi connectivity index (χ4n) is 2.09. The highest BCUT2D eigenvalue weighted by Crippen LogP contribution is 2.24. The predicted molar refractivity (Wildman–Crippen MR) is 87.8 cm³/mol. The maximum absolute atomic E-state index is 12.7. The van der Waals surface area contributed by atoms with Crippen molar-refractivity contribution in [2.75, 3.05) is 31.8 Å². The molecular weight excluding hydrogens is 284 g/mol. The molecule has 5 nitrogen and oxygen atoms in total. The van der Waals surface area contributed by atoms with Crippen molar-refractivity contribution in [3.8, 4) is 0 Å². The Balaban J connectivity index is 2.27. The molecule has 0 radical (unpaired) electrons. The maximum atomic E-state index is 12.7. The minimum absolute atomic E-state index is 0.0428. The van der Waals surface area contributed by atoms with E-state index in [4.69, 9.17) is 5.73 Å². The molecule has 1 aromatic heterocycles. The number of thiazole rings is 1. The van der Waals surface area contributed by atoms with Crippen molar-refractivity contribution in [2.45, 2.75) is 13.5 Å². The van der Waals surface area contributed by atoms with Gasteiger partial charge in [-0.25, -0.2) is 4.98 Å². The lowest BCUT2D eigenvalue weighted by atomic mass is 10.1. The first-order chi connectivity index (χ1) is 9.90. The number of benzene rings is 1. The number of nitrogens with two attached hydrogens (primary N) is 1. The minimum Gasteiger partial charge on any atom is -0.399 e. The van der Waals surface area contributed by atoms with E-state index >= 15 is 0 Å². The van der Waals surface area contributed by atoms with Crippen LogP contribution in [0.2, 0.25) is 0 Å². The second-order valence-corrected chi connectivity index (χ2v) is 6.13. The molecule has 1 heterocycles. The van der Waals surface area contributed by atoms with E-state index < -0.39 is 0 Å². The molecule has 112 valence electrons. The molecule has 0 spiro atoms.